The fourth-order valence-electron chi connectivity index (χ4n) is 1.94. The fraction of sp³-hybridized carbons (Fsp3) is 0.176. The summed E-state index contributed by atoms with van der Waals surface area (Å²) in [5.74, 6) is 5.60. The molecular weight excluding hydrogens is 234 g/mol. The molecule has 2 aromatic rings. The second-order valence-electron chi connectivity index (χ2n) is 4.35. The first kappa shape index (κ1) is 13.2. The number of rotatable bonds is 3. The molecule has 0 saturated heterocycles. The van der Waals surface area contributed by atoms with E-state index in [1.54, 1.807) is 0 Å². The molecule has 96 valence electrons. The molecule has 2 rings (SSSR count). The van der Waals surface area contributed by atoms with Crippen molar-refractivity contribution in [3.05, 3.63) is 65.7 Å². The summed E-state index contributed by atoms with van der Waals surface area (Å²) in [4.78, 5) is 2.19. The van der Waals surface area contributed by atoms with Crippen LogP contribution in [0.4, 0.5) is 5.69 Å². The molecule has 0 aliphatic heterocycles. The van der Waals surface area contributed by atoms with Crippen molar-refractivity contribution in [2.45, 2.75) is 6.54 Å². The highest BCUT2D eigenvalue weighted by Crippen LogP contribution is 2.15. The Balaban J connectivity index is 2.11. The monoisotopic (exact) mass is 251 g/mol. The van der Waals surface area contributed by atoms with Gasteiger partial charge in [0.15, 0.2) is 0 Å². The summed E-state index contributed by atoms with van der Waals surface area (Å²) < 4.78 is 0. The van der Waals surface area contributed by atoms with E-state index in [1.165, 1.54) is 11.3 Å². The SMILES string of the molecule is CN(Cc1cccc(C#CCO)c1)c1ccccc1. The van der Waals surface area contributed by atoms with Crippen molar-refractivity contribution in [2.75, 3.05) is 18.6 Å². The van der Waals surface area contributed by atoms with E-state index in [9.17, 15) is 0 Å². The van der Waals surface area contributed by atoms with Gasteiger partial charge in [-0.25, -0.2) is 0 Å². The molecular formula is C17H17NO. The first-order chi connectivity index (χ1) is 9.29. The molecule has 0 amide bonds. The van der Waals surface area contributed by atoms with Crippen molar-refractivity contribution in [2.24, 2.45) is 0 Å². The van der Waals surface area contributed by atoms with Crippen LogP contribution in [0.2, 0.25) is 0 Å². The van der Waals surface area contributed by atoms with E-state index in [-0.39, 0.29) is 6.61 Å². The zero-order chi connectivity index (χ0) is 13.5. The maximum absolute atomic E-state index is 8.71. The Morgan fingerprint density at radius 3 is 2.58 bits per heavy atom. The van der Waals surface area contributed by atoms with E-state index in [1.807, 2.05) is 30.3 Å². The van der Waals surface area contributed by atoms with Crippen LogP contribution < -0.4 is 4.90 Å². The van der Waals surface area contributed by atoms with Crippen LogP contribution in [0.1, 0.15) is 11.1 Å². The van der Waals surface area contributed by atoms with E-state index in [4.69, 9.17) is 5.11 Å². The number of aliphatic hydroxyl groups is 1. The third-order valence-electron chi connectivity index (χ3n) is 2.86. The Labute approximate surface area is 114 Å². The zero-order valence-corrected chi connectivity index (χ0v) is 11.0. The largest absolute Gasteiger partial charge is 0.384 e. The van der Waals surface area contributed by atoms with Gasteiger partial charge in [-0.2, -0.15) is 0 Å². The van der Waals surface area contributed by atoms with Crippen molar-refractivity contribution < 1.29 is 5.11 Å². The minimum absolute atomic E-state index is 0.103. The highest BCUT2D eigenvalue weighted by Gasteiger charge is 2.01. The third-order valence-corrected chi connectivity index (χ3v) is 2.86. The Morgan fingerprint density at radius 1 is 1.05 bits per heavy atom. The van der Waals surface area contributed by atoms with Crippen LogP contribution in [-0.4, -0.2) is 18.8 Å². The number of nitrogens with zero attached hydrogens (tertiary/aromatic N) is 1. The molecule has 2 aromatic carbocycles. The van der Waals surface area contributed by atoms with E-state index >= 15 is 0 Å². The van der Waals surface area contributed by atoms with Crippen molar-refractivity contribution in [3.8, 4) is 11.8 Å². The molecule has 0 atom stereocenters. The van der Waals surface area contributed by atoms with Gasteiger partial charge in [-0.1, -0.05) is 42.2 Å². The Hall–Kier alpha value is -2.24. The molecule has 0 fully saturated rings. The van der Waals surface area contributed by atoms with Gasteiger partial charge in [0.1, 0.15) is 6.61 Å². The molecule has 2 heteroatoms. The number of para-hydroxylation sites is 1. The summed E-state index contributed by atoms with van der Waals surface area (Å²) in [5.41, 5.74) is 3.33. The lowest BCUT2D eigenvalue weighted by atomic mass is 10.1. The zero-order valence-electron chi connectivity index (χ0n) is 11.0. The number of hydrogen-bond donors (Lipinski definition) is 1. The minimum Gasteiger partial charge on any atom is -0.384 e. The van der Waals surface area contributed by atoms with Gasteiger partial charge >= 0.3 is 0 Å². The molecule has 1 N–H and O–H groups in total. The van der Waals surface area contributed by atoms with Gasteiger partial charge in [0.25, 0.3) is 0 Å². The van der Waals surface area contributed by atoms with Gasteiger partial charge in [-0.15, -0.1) is 0 Å². The van der Waals surface area contributed by atoms with E-state index in [0.717, 1.165) is 12.1 Å². The van der Waals surface area contributed by atoms with Gasteiger partial charge in [0.05, 0.1) is 0 Å². The second kappa shape index (κ2) is 6.63. The standard InChI is InChI=1S/C17H17NO/c1-18(17-10-3-2-4-11-17)14-16-8-5-7-15(13-16)9-6-12-19/h2-5,7-8,10-11,13,19H,12,14H2,1H3. The quantitative estimate of drug-likeness (QED) is 0.848. The number of aliphatic hydroxyl groups excluding tert-OH is 1. The maximum atomic E-state index is 8.71. The Morgan fingerprint density at radius 2 is 1.84 bits per heavy atom. The fourth-order valence-corrected chi connectivity index (χ4v) is 1.94. The molecule has 0 bridgehead atoms. The molecule has 0 aliphatic rings. The molecule has 0 radical (unpaired) electrons. The lowest BCUT2D eigenvalue weighted by Gasteiger charge is -2.19. The number of hydrogen-bond acceptors (Lipinski definition) is 2. The Bertz CT molecular complexity index is 581. The maximum Gasteiger partial charge on any atom is 0.104 e. The molecule has 0 heterocycles. The van der Waals surface area contributed by atoms with Gasteiger partial charge in [-0.05, 0) is 29.8 Å². The lowest BCUT2D eigenvalue weighted by Crippen LogP contribution is -2.16. The molecule has 0 unspecified atom stereocenters. The lowest BCUT2D eigenvalue weighted by molar-refractivity contribution is 0.350. The molecule has 0 saturated carbocycles. The minimum atomic E-state index is -0.103. The van der Waals surface area contributed by atoms with Crippen molar-refractivity contribution in [1.82, 2.24) is 0 Å². The molecule has 2 nitrogen and oxygen atoms in total. The average molecular weight is 251 g/mol. The van der Waals surface area contributed by atoms with E-state index in [2.05, 4.69) is 48.1 Å². The summed E-state index contributed by atoms with van der Waals surface area (Å²) in [7, 11) is 2.07. The third kappa shape index (κ3) is 3.87. The number of benzene rings is 2. The smallest absolute Gasteiger partial charge is 0.104 e. The Kier molecular flexibility index (Phi) is 4.60. The highest BCUT2D eigenvalue weighted by molar-refractivity contribution is 5.46. The van der Waals surface area contributed by atoms with Crippen LogP contribution in [-0.2, 0) is 6.54 Å². The molecule has 0 aromatic heterocycles. The predicted octanol–water partition coefficient (Wildman–Crippen LogP) is 2.67. The predicted molar refractivity (Wildman–Crippen MR) is 79.0 cm³/mol. The van der Waals surface area contributed by atoms with Crippen LogP contribution >= 0.6 is 0 Å². The van der Waals surface area contributed by atoms with Crippen LogP contribution in [0.15, 0.2) is 54.6 Å². The molecule has 0 spiro atoms. The van der Waals surface area contributed by atoms with Gasteiger partial charge < -0.3 is 10.0 Å². The van der Waals surface area contributed by atoms with Gasteiger partial charge in [0.2, 0.25) is 0 Å². The summed E-state index contributed by atoms with van der Waals surface area (Å²) in [6.07, 6.45) is 0. The van der Waals surface area contributed by atoms with Crippen LogP contribution in [0.3, 0.4) is 0 Å². The van der Waals surface area contributed by atoms with Gasteiger partial charge in [-0.3, -0.25) is 0 Å². The summed E-state index contributed by atoms with van der Waals surface area (Å²) in [6.45, 7) is 0.729. The van der Waals surface area contributed by atoms with Crippen LogP contribution in [0.5, 0.6) is 0 Å². The number of anilines is 1. The van der Waals surface area contributed by atoms with E-state index < -0.39 is 0 Å². The first-order valence-electron chi connectivity index (χ1n) is 6.24. The summed E-state index contributed by atoms with van der Waals surface area (Å²) >= 11 is 0. The molecule has 0 aliphatic carbocycles. The first-order valence-corrected chi connectivity index (χ1v) is 6.24. The normalized spacial score (nSPS) is 9.58. The van der Waals surface area contributed by atoms with Crippen molar-refractivity contribution in [1.29, 1.82) is 0 Å². The van der Waals surface area contributed by atoms with Crippen molar-refractivity contribution >= 4 is 5.69 Å². The highest BCUT2D eigenvalue weighted by atomic mass is 16.2. The molecule has 19 heavy (non-hydrogen) atoms. The summed E-state index contributed by atoms with van der Waals surface area (Å²) in [6, 6.07) is 18.4. The average Bonchev–Trinajstić information content (AvgIpc) is 2.46. The van der Waals surface area contributed by atoms with Crippen LogP contribution in [0.25, 0.3) is 0 Å². The van der Waals surface area contributed by atoms with Crippen molar-refractivity contribution in [3.63, 3.8) is 0 Å². The van der Waals surface area contributed by atoms with E-state index in [0.29, 0.717) is 0 Å². The summed E-state index contributed by atoms with van der Waals surface area (Å²) in [5, 5.41) is 8.71. The van der Waals surface area contributed by atoms with Gasteiger partial charge in [0, 0.05) is 24.8 Å². The van der Waals surface area contributed by atoms with Crippen LogP contribution in [0, 0.1) is 11.8 Å². The topological polar surface area (TPSA) is 23.5 Å². The second-order valence-corrected chi connectivity index (χ2v) is 4.35.